The molecule has 1 aliphatic carbocycles. The third-order valence-corrected chi connectivity index (χ3v) is 5.39. The Kier molecular flexibility index (Phi) is 3.95. The van der Waals surface area contributed by atoms with Crippen molar-refractivity contribution in [3.05, 3.63) is 45.2 Å². The number of pyridine rings is 1. The number of rotatable bonds is 3. The minimum absolute atomic E-state index is 0.0292. The summed E-state index contributed by atoms with van der Waals surface area (Å²) in [4.78, 5) is 17.8. The van der Waals surface area contributed by atoms with Crippen molar-refractivity contribution in [1.82, 2.24) is 9.88 Å². The molecule has 1 aliphatic heterocycles. The fraction of sp³-hybridized carbons (Fsp3) is 0.526. The molecule has 0 bridgehead atoms. The molecule has 2 heterocycles. The Morgan fingerprint density at radius 3 is 2.83 bits per heavy atom. The number of aromatic nitrogens is 1. The highest BCUT2D eigenvalue weighted by atomic mass is 16.3. The van der Waals surface area contributed by atoms with Gasteiger partial charge in [0.2, 0.25) is 0 Å². The summed E-state index contributed by atoms with van der Waals surface area (Å²) in [6.07, 6.45) is 5.70. The summed E-state index contributed by atoms with van der Waals surface area (Å²) >= 11 is 0. The second kappa shape index (κ2) is 6.10. The zero-order chi connectivity index (χ0) is 15.8. The van der Waals surface area contributed by atoms with Crippen molar-refractivity contribution in [2.75, 3.05) is 19.7 Å². The minimum atomic E-state index is 0.0292. The Morgan fingerprint density at radius 1 is 1.17 bits per heavy atom. The molecule has 1 atom stereocenters. The Balaban J connectivity index is 1.63. The zero-order valence-electron chi connectivity index (χ0n) is 13.5. The third-order valence-electron chi connectivity index (χ3n) is 5.39. The van der Waals surface area contributed by atoms with Crippen molar-refractivity contribution in [3.8, 4) is 0 Å². The molecule has 122 valence electrons. The first-order chi connectivity index (χ1) is 11.2. The van der Waals surface area contributed by atoms with Gasteiger partial charge in [0, 0.05) is 30.8 Å². The van der Waals surface area contributed by atoms with Gasteiger partial charge in [-0.05, 0) is 79.3 Å². The zero-order valence-corrected chi connectivity index (χ0v) is 13.5. The first kappa shape index (κ1) is 14.9. The van der Waals surface area contributed by atoms with Gasteiger partial charge in [-0.3, -0.25) is 9.69 Å². The maximum Gasteiger partial charge on any atom is 0.252 e. The van der Waals surface area contributed by atoms with Crippen LogP contribution in [0.4, 0.5) is 0 Å². The average Bonchev–Trinajstić information content (AvgIpc) is 3.01. The van der Waals surface area contributed by atoms with E-state index in [4.69, 9.17) is 0 Å². The molecule has 4 rings (SSSR count). The van der Waals surface area contributed by atoms with Gasteiger partial charge in [0.15, 0.2) is 0 Å². The summed E-state index contributed by atoms with van der Waals surface area (Å²) in [6.45, 7) is 2.83. The van der Waals surface area contributed by atoms with E-state index in [1.54, 1.807) is 0 Å². The van der Waals surface area contributed by atoms with Gasteiger partial charge in [0.1, 0.15) is 0 Å². The maximum absolute atomic E-state index is 12.4. The van der Waals surface area contributed by atoms with E-state index in [-0.39, 0.29) is 12.2 Å². The van der Waals surface area contributed by atoms with Crippen molar-refractivity contribution < 1.29 is 5.11 Å². The van der Waals surface area contributed by atoms with E-state index in [9.17, 15) is 9.90 Å². The molecule has 1 saturated heterocycles. The number of aryl methyl sites for hydroxylation is 2. The quantitative estimate of drug-likeness (QED) is 0.914. The molecule has 1 unspecified atom stereocenters. The smallest absolute Gasteiger partial charge is 0.252 e. The van der Waals surface area contributed by atoms with E-state index in [2.05, 4.69) is 28.1 Å². The summed E-state index contributed by atoms with van der Waals surface area (Å²) in [5.74, 6) is 0.353. The normalized spacial score (nSPS) is 21.7. The Hall–Kier alpha value is -1.65. The predicted octanol–water partition coefficient (Wildman–Crippen LogP) is 2.22. The number of hydrogen-bond donors (Lipinski definition) is 2. The molecule has 0 amide bonds. The summed E-state index contributed by atoms with van der Waals surface area (Å²) in [7, 11) is 0. The number of aromatic amines is 1. The van der Waals surface area contributed by atoms with Gasteiger partial charge in [0.25, 0.3) is 5.56 Å². The molecule has 0 radical (unpaired) electrons. The van der Waals surface area contributed by atoms with Crippen LogP contribution in [0.1, 0.15) is 36.0 Å². The highest BCUT2D eigenvalue weighted by molar-refractivity contribution is 5.81. The van der Waals surface area contributed by atoms with Gasteiger partial charge < -0.3 is 10.1 Å². The fourth-order valence-electron chi connectivity index (χ4n) is 4.13. The molecule has 23 heavy (non-hydrogen) atoms. The number of piperidine rings is 1. The molecule has 1 aromatic carbocycles. The Labute approximate surface area is 136 Å². The number of nitrogens with one attached hydrogen (secondary N) is 1. The van der Waals surface area contributed by atoms with Crippen molar-refractivity contribution in [3.63, 3.8) is 0 Å². The highest BCUT2D eigenvalue weighted by Gasteiger charge is 2.20. The van der Waals surface area contributed by atoms with Crippen molar-refractivity contribution in [2.24, 2.45) is 5.92 Å². The van der Waals surface area contributed by atoms with E-state index >= 15 is 0 Å². The number of aliphatic hydroxyl groups is 1. The molecule has 2 aliphatic rings. The lowest BCUT2D eigenvalue weighted by molar-refractivity contribution is 0.115. The number of benzene rings is 1. The van der Waals surface area contributed by atoms with Crippen LogP contribution in [-0.4, -0.2) is 34.7 Å². The topological polar surface area (TPSA) is 56.3 Å². The van der Waals surface area contributed by atoms with Crippen LogP contribution in [0.5, 0.6) is 0 Å². The van der Waals surface area contributed by atoms with Gasteiger partial charge in [-0.15, -0.1) is 0 Å². The average molecular weight is 312 g/mol. The second-order valence-corrected chi connectivity index (χ2v) is 7.11. The number of aliphatic hydroxyl groups excluding tert-OH is 1. The fourth-order valence-corrected chi connectivity index (χ4v) is 4.13. The predicted molar refractivity (Wildman–Crippen MR) is 91.7 cm³/mol. The van der Waals surface area contributed by atoms with Crippen LogP contribution in [-0.2, 0) is 19.4 Å². The van der Waals surface area contributed by atoms with Crippen LogP contribution < -0.4 is 5.56 Å². The molecule has 0 saturated carbocycles. The first-order valence-electron chi connectivity index (χ1n) is 8.74. The molecule has 2 N–H and O–H groups in total. The third kappa shape index (κ3) is 2.93. The van der Waals surface area contributed by atoms with Crippen LogP contribution in [0.15, 0.2) is 23.0 Å². The molecule has 4 heteroatoms. The largest absolute Gasteiger partial charge is 0.396 e. The molecule has 4 nitrogen and oxygen atoms in total. The van der Waals surface area contributed by atoms with E-state index in [1.807, 2.05) is 0 Å². The Bertz CT molecular complexity index is 781. The van der Waals surface area contributed by atoms with Crippen LogP contribution in [0, 0.1) is 5.92 Å². The highest BCUT2D eigenvalue weighted by Crippen LogP contribution is 2.26. The summed E-state index contributed by atoms with van der Waals surface area (Å²) in [6, 6.07) is 6.48. The molecule has 1 fully saturated rings. The summed E-state index contributed by atoms with van der Waals surface area (Å²) in [5.41, 5.74) is 4.67. The lowest BCUT2D eigenvalue weighted by atomic mass is 9.98. The maximum atomic E-state index is 12.4. The molecule has 1 aromatic heterocycles. The number of hydrogen-bond acceptors (Lipinski definition) is 3. The van der Waals surface area contributed by atoms with Gasteiger partial charge in [-0.25, -0.2) is 0 Å². The summed E-state index contributed by atoms with van der Waals surface area (Å²) < 4.78 is 0. The number of likely N-dealkylation sites (tertiary alicyclic amines) is 1. The number of H-pyrrole nitrogens is 1. The number of fused-ring (bicyclic) bond motifs is 2. The minimum Gasteiger partial charge on any atom is -0.396 e. The molecule has 2 aromatic rings. The monoisotopic (exact) mass is 312 g/mol. The lowest BCUT2D eigenvalue weighted by Gasteiger charge is -2.31. The van der Waals surface area contributed by atoms with E-state index in [0.717, 1.165) is 55.2 Å². The van der Waals surface area contributed by atoms with Crippen LogP contribution >= 0.6 is 0 Å². The van der Waals surface area contributed by atoms with Crippen LogP contribution in [0.2, 0.25) is 0 Å². The van der Waals surface area contributed by atoms with Crippen molar-refractivity contribution in [1.29, 1.82) is 0 Å². The summed E-state index contributed by atoms with van der Waals surface area (Å²) in [5, 5.41) is 10.5. The van der Waals surface area contributed by atoms with Crippen LogP contribution in [0.25, 0.3) is 10.9 Å². The lowest BCUT2D eigenvalue weighted by Crippen LogP contribution is -2.37. The first-order valence-corrected chi connectivity index (χ1v) is 8.74. The van der Waals surface area contributed by atoms with Crippen LogP contribution in [0.3, 0.4) is 0 Å². The van der Waals surface area contributed by atoms with E-state index < -0.39 is 0 Å². The van der Waals surface area contributed by atoms with Gasteiger partial charge in [-0.2, -0.15) is 0 Å². The SMILES string of the molecule is O=c1[nH]c2cc3c(cc2cc1CN1CCCC(CO)C1)CCC3. The van der Waals surface area contributed by atoms with Crippen molar-refractivity contribution >= 4 is 10.9 Å². The molecular weight excluding hydrogens is 288 g/mol. The van der Waals surface area contributed by atoms with E-state index in [0.29, 0.717) is 12.5 Å². The molecule has 0 spiro atoms. The standard InChI is InChI=1S/C19H24N2O2/c22-12-13-3-2-6-21(10-13)11-17-8-16-7-14-4-1-5-15(14)9-18(16)20-19(17)23/h7-9,13,22H,1-6,10-12H2,(H,20,23). The molecular formula is C19H24N2O2. The Morgan fingerprint density at radius 2 is 2.00 bits per heavy atom. The second-order valence-electron chi connectivity index (χ2n) is 7.11. The van der Waals surface area contributed by atoms with E-state index in [1.165, 1.54) is 17.5 Å². The number of nitrogens with zero attached hydrogens (tertiary/aromatic N) is 1. The van der Waals surface area contributed by atoms with Gasteiger partial charge in [-0.1, -0.05) is 0 Å². The van der Waals surface area contributed by atoms with Crippen molar-refractivity contribution in [2.45, 2.75) is 38.6 Å². The van der Waals surface area contributed by atoms with Gasteiger partial charge >= 0.3 is 0 Å². The van der Waals surface area contributed by atoms with Gasteiger partial charge in [0.05, 0.1) is 0 Å².